The highest BCUT2D eigenvalue weighted by Gasteiger charge is 2.26. The number of methoxy groups -OCH3 is 1. The van der Waals surface area contributed by atoms with Gasteiger partial charge in [0.05, 0.1) is 18.7 Å². The van der Waals surface area contributed by atoms with Crippen LogP contribution in [0.1, 0.15) is 33.1 Å². The second kappa shape index (κ2) is 10.5. The van der Waals surface area contributed by atoms with Gasteiger partial charge in [0.1, 0.15) is 18.2 Å². The number of esters is 1. The minimum absolute atomic E-state index is 0.00843. The average molecular weight is 311 g/mol. The Labute approximate surface area is 129 Å². The van der Waals surface area contributed by atoms with Crippen molar-refractivity contribution in [3.8, 4) is 6.07 Å². The number of nitrogens with zero attached hydrogens (tertiary/aromatic N) is 1. The fourth-order valence-electron chi connectivity index (χ4n) is 1.45. The first-order valence-corrected chi connectivity index (χ1v) is 6.79. The van der Waals surface area contributed by atoms with Gasteiger partial charge in [-0.15, -0.1) is 0 Å². The molecule has 0 aliphatic heterocycles. The predicted molar refractivity (Wildman–Crippen MR) is 77.2 cm³/mol. The third-order valence-electron chi connectivity index (χ3n) is 2.86. The van der Waals surface area contributed by atoms with Crippen LogP contribution in [0.3, 0.4) is 0 Å². The lowest BCUT2D eigenvalue weighted by Crippen LogP contribution is -2.46. The molecule has 0 aromatic heterocycles. The number of nitrogens with one attached hydrogen (secondary N) is 2. The molecule has 22 heavy (non-hydrogen) atoms. The highest BCUT2D eigenvalue weighted by molar-refractivity contribution is 6.26. The van der Waals surface area contributed by atoms with Gasteiger partial charge in [-0.05, 0) is 20.3 Å². The van der Waals surface area contributed by atoms with E-state index in [1.807, 2.05) is 6.07 Å². The summed E-state index contributed by atoms with van der Waals surface area (Å²) in [6.45, 7) is 3.07. The molecular weight excluding hydrogens is 290 g/mol. The Hall–Kier alpha value is -2.27. The molecule has 0 unspecified atom stereocenters. The lowest BCUT2D eigenvalue weighted by atomic mass is 10.1. The average Bonchev–Trinajstić information content (AvgIpc) is 2.49. The molecule has 122 valence electrons. The van der Waals surface area contributed by atoms with E-state index in [2.05, 4.69) is 5.32 Å². The van der Waals surface area contributed by atoms with E-state index in [0.29, 0.717) is 6.21 Å². The van der Waals surface area contributed by atoms with E-state index >= 15 is 0 Å². The predicted octanol–water partition coefficient (Wildman–Crippen LogP) is 0.350. The molecule has 0 aliphatic carbocycles. The zero-order valence-corrected chi connectivity index (χ0v) is 12.9. The maximum atomic E-state index is 12.0. The van der Waals surface area contributed by atoms with E-state index in [9.17, 15) is 14.4 Å². The number of carbonyl (C=O) groups is 3. The Morgan fingerprint density at radius 1 is 1.36 bits per heavy atom. The number of Topliss-reactive ketones (excluding diaryl/α,β-unsaturated/α-hetero) is 1. The number of hydrogen-bond donors (Lipinski definition) is 2. The van der Waals surface area contributed by atoms with E-state index in [4.69, 9.17) is 20.1 Å². The summed E-state index contributed by atoms with van der Waals surface area (Å²) in [7, 11) is 1.35. The first-order chi connectivity index (χ1) is 10.3. The number of nitriles is 1. The minimum Gasteiger partial charge on any atom is -0.460 e. The SMILES string of the molecule is CO[C@H](C)C(=O)N[C@@H](CCC(=O)C=N)C(=O)O[C@@H](C)CC#N. The highest BCUT2D eigenvalue weighted by atomic mass is 16.5. The molecule has 0 saturated heterocycles. The first-order valence-electron chi connectivity index (χ1n) is 6.79. The molecule has 0 fully saturated rings. The van der Waals surface area contributed by atoms with Crippen molar-refractivity contribution in [2.45, 2.75) is 51.4 Å². The molecule has 3 atom stereocenters. The fourth-order valence-corrected chi connectivity index (χ4v) is 1.45. The van der Waals surface area contributed by atoms with Crippen molar-refractivity contribution in [2.24, 2.45) is 0 Å². The van der Waals surface area contributed by atoms with Crippen LogP contribution >= 0.6 is 0 Å². The normalized spacial score (nSPS) is 14.1. The molecule has 8 nitrogen and oxygen atoms in total. The quantitative estimate of drug-likeness (QED) is 0.442. The van der Waals surface area contributed by atoms with Crippen LogP contribution in [0.25, 0.3) is 0 Å². The van der Waals surface area contributed by atoms with E-state index in [1.165, 1.54) is 14.0 Å². The topological polar surface area (TPSA) is 129 Å². The molecule has 8 heteroatoms. The second-order valence-electron chi connectivity index (χ2n) is 4.70. The van der Waals surface area contributed by atoms with Gasteiger partial charge in [0.2, 0.25) is 5.91 Å². The molecule has 0 rings (SSSR count). The van der Waals surface area contributed by atoms with Crippen LogP contribution in [0.2, 0.25) is 0 Å². The number of ketones is 1. The Morgan fingerprint density at radius 3 is 2.50 bits per heavy atom. The molecule has 0 radical (unpaired) electrons. The second-order valence-corrected chi connectivity index (χ2v) is 4.70. The summed E-state index contributed by atoms with van der Waals surface area (Å²) in [5.41, 5.74) is 0. The summed E-state index contributed by atoms with van der Waals surface area (Å²) in [5.74, 6) is -1.70. The van der Waals surface area contributed by atoms with Crippen LogP contribution in [0.4, 0.5) is 0 Å². The Balaban J connectivity index is 4.80. The number of hydrogen-bond acceptors (Lipinski definition) is 7. The molecule has 0 bridgehead atoms. The van der Waals surface area contributed by atoms with Gasteiger partial charge < -0.3 is 20.2 Å². The van der Waals surface area contributed by atoms with Gasteiger partial charge >= 0.3 is 5.97 Å². The van der Waals surface area contributed by atoms with Crippen LogP contribution in [-0.2, 0) is 23.9 Å². The summed E-state index contributed by atoms with van der Waals surface area (Å²) >= 11 is 0. The summed E-state index contributed by atoms with van der Waals surface area (Å²) in [6.07, 6.45) is -0.757. The monoisotopic (exact) mass is 311 g/mol. The Bertz CT molecular complexity index is 458. The summed E-state index contributed by atoms with van der Waals surface area (Å²) in [4.78, 5) is 35.0. The van der Waals surface area contributed by atoms with Crippen molar-refractivity contribution in [1.29, 1.82) is 10.7 Å². The summed E-state index contributed by atoms with van der Waals surface area (Å²) in [6, 6.07) is 0.839. The summed E-state index contributed by atoms with van der Waals surface area (Å²) in [5, 5.41) is 17.8. The fraction of sp³-hybridized carbons (Fsp3) is 0.643. The lowest BCUT2D eigenvalue weighted by Gasteiger charge is -2.20. The van der Waals surface area contributed by atoms with Crippen molar-refractivity contribution >= 4 is 23.9 Å². The lowest BCUT2D eigenvalue weighted by molar-refractivity contribution is -0.153. The largest absolute Gasteiger partial charge is 0.460 e. The van der Waals surface area contributed by atoms with Crippen LogP contribution in [0.5, 0.6) is 0 Å². The standard InChI is InChI=1S/C14H21N3O5/c1-9(6-7-15)22-14(20)12(5-4-11(18)8-16)17-13(19)10(2)21-3/h8-10,12,16H,4-6H2,1-3H3,(H,17,19)/t9-,10+,12-/m0/s1. The van der Waals surface area contributed by atoms with Gasteiger partial charge in [0.15, 0.2) is 5.78 Å². The van der Waals surface area contributed by atoms with Crippen molar-refractivity contribution in [1.82, 2.24) is 5.32 Å². The van der Waals surface area contributed by atoms with Crippen LogP contribution in [-0.4, -0.2) is 49.2 Å². The van der Waals surface area contributed by atoms with Crippen LogP contribution in [0.15, 0.2) is 0 Å². The van der Waals surface area contributed by atoms with Crippen molar-refractivity contribution in [3.63, 3.8) is 0 Å². The Kier molecular flexibility index (Phi) is 9.38. The molecule has 2 N–H and O–H groups in total. The maximum absolute atomic E-state index is 12.0. The van der Waals surface area contributed by atoms with E-state index in [-0.39, 0.29) is 19.3 Å². The molecule has 0 aromatic rings. The van der Waals surface area contributed by atoms with Crippen LogP contribution < -0.4 is 5.32 Å². The molecular formula is C14H21N3O5. The number of amides is 1. The zero-order valence-electron chi connectivity index (χ0n) is 12.9. The van der Waals surface area contributed by atoms with Crippen molar-refractivity contribution < 1.29 is 23.9 Å². The molecule has 0 aromatic carbocycles. The molecule has 0 spiro atoms. The van der Waals surface area contributed by atoms with Crippen molar-refractivity contribution in [2.75, 3.05) is 7.11 Å². The van der Waals surface area contributed by atoms with Gasteiger partial charge in [-0.25, -0.2) is 4.79 Å². The summed E-state index contributed by atoms with van der Waals surface area (Å²) < 4.78 is 9.90. The molecule has 0 aliphatic rings. The highest BCUT2D eigenvalue weighted by Crippen LogP contribution is 2.06. The smallest absolute Gasteiger partial charge is 0.328 e. The molecule has 0 heterocycles. The van der Waals surface area contributed by atoms with Gasteiger partial charge in [-0.2, -0.15) is 5.26 Å². The minimum atomic E-state index is -1.03. The van der Waals surface area contributed by atoms with E-state index in [0.717, 1.165) is 0 Å². The number of rotatable bonds is 10. The van der Waals surface area contributed by atoms with Crippen LogP contribution in [0, 0.1) is 16.7 Å². The number of ether oxygens (including phenoxy) is 2. The molecule has 0 saturated carbocycles. The van der Waals surface area contributed by atoms with Gasteiger partial charge in [0.25, 0.3) is 0 Å². The van der Waals surface area contributed by atoms with Crippen molar-refractivity contribution in [3.05, 3.63) is 0 Å². The van der Waals surface area contributed by atoms with Gasteiger partial charge in [-0.3, -0.25) is 9.59 Å². The van der Waals surface area contributed by atoms with Gasteiger partial charge in [-0.1, -0.05) is 0 Å². The Morgan fingerprint density at radius 2 is 2.00 bits per heavy atom. The van der Waals surface area contributed by atoms with E-state index < -0.39 is 35.9 Å². The first kappa shape index (κ1) is 19.7. The third kappa shape index (κ3) is 7.50. The number of carbonyl (C=O) groups excluding carboxylic acids is 3. The molecule has 1 amide bonds. The van der Waals surface area contributed by atoms with Gasteiger partial charge in [0, 0.05) is 13.5 Å². The zero-order chi connectivity index (χ0) is 17.1. The maximum Gasteiger partial charge on any atom is 0.328 e. The van der Waals surface area contributed by atoms with E-state index in [1.54, 1.807) is 6.92 Å². The third-order valence-corrected chi connectivity index (χ3v) is 2.86.